The van der Waals surface area contributed by atoms with E-state index in [-0.39, 0.29) is 12.0 Å². The Balaban J connectivity index is 1.44. The number of ether oxygens (including phenoxy) is 1. The minimum atomic E-state index is 0.0444. The summed E-state index contributed by atoms with van der Waals surface area (Å²) < 4.78 is 10.5. The first-order valence-electron chi connectivity index (χ1n) is 8.00. The molecule has 2 heterocycles. The summed E-state index contributed by atoms with van der Waals surface area (Å²) in [5.74, 6) is 0.735. The summed E-state index contributed by atoms with van der Waals surface area (Å²) in [6, 6.07) is 10.1. The quantitative estimate of drug-likeness (QED) is 0.817. The zero-order valence-corrected chi connectivity index (χ0v) is 13.1. The Labute approximate surface area is 135 Å². The summed E-state index contributed by atoms with van der Waals surface area (Å²) in [6.07, 6.45) is 4.59. The number of benzene rings is 1. The van der Waals surface area contributed by atoms with Crippen molar-refractivity contribution >= 4 is 5.91 Å². The smallest absolute Gasteiger partial charge is 0.222 e. The molecule has 1 saturated heterocycles. The van der Waals surface area contributed by atoms with Crippen molar-refractivity contribution in [2.75, 3.05) is 13.1 Å². The highest BCUT2D eigenvalue weighted by Crippen LogP contribution is 2.16. The average molecular weight is 315 g/mol. The number of hydrogen-bond donors (Lipinski definition) is 0. The fourth-order valence-electron chi connectivity index (χ4n) is 2.80. The highest BCUT2D eigenvalue weighted by Gasteiger charge is 2.24. The number of hydrogen-bond acceptors (Lipinski definition) is 5. The number of carbonyl (C=O) groups is 1. The third kappa shape index (κ3) is 4.63. The number of carbonyl (C=O) groups excluding carboxylic acids is 1. The predicted molar refractivity (Wildman–Crippen MR) is 83.5 cm³/mol. The lowest BCUT2D eigenvalue weighted by Crippen LogP contribution is -2.43. The van der Waals surface area contributed by atoms with Crippen molar-refractivity contribution in [3.8, 4) is 0 Å². The molecule has 1 aromatic carbocycles. The van der Waals surface area contributed by atoms with Gasteiger partial charge in [-0.2, -0.15) is 4.98 Å². The molecule has 1 fully saturated rings. The maximum Gasteiger partial charge on any atom is 0.222 e. The number of amides is 1. The Bertz CT molecular complexity index is 601. The van der Waals surface area contributed by atoms with E-state index >= 15 is 0 Å². The van der Waals surface area contributed by atoms with Crippen molar-refractivity contribution in [2.24, 2.45) is 0 Å². The zero-order valence-electron chi connectivity index (χ0n) is 13.1. The number of aryl methyl sites for hydroxylation is 1. The molecule has 0 N–H and O–H groups in total. The van der Waals surface area contributed by atoms with Crippen LogP contribution in [0.5, 0.6) is 0 Å². The first kappa shape index (κ1) is 15.7. The molecule has 0 aliphatic carbocycles. The second-order valence-corrected chi connectivity index (χ2v) is 5.75. The molecule has 0 saturated carbocycles. The van der Waals surface area contributed by atoms with Gasteiger partial charge in [0.05, 0.1) is 6.10 Å². The molecule has 1 aliphatic heterocycles. The van der Waals surface area contributed by atoms with Gasteiger partial charge in [-0.25, -0.2) is 0 Å². The molecule has 1 aromatic heterocycles. The second-order valence-electron chi connectivity index (χ2n) is 5.75. The molecule has 1 unspecified atom stereocenters. The third-order valence-corrected chi connectivity index (χ3v) is 4.06. The van der Waals surface area contributed by atoms with Crippen molar-refractivity contribution in [1.82, 2.24) is 15.0 Å². The molecule has 122 valence electrons. The van der Waals surface area contributed by atoms with Gasteiger partial charge in [0.15, 0.2) is 5.82 Å². The Morgan fingerprint density at radius 3 is 3.00 bits per heavy atom. The first-order valence-corrected chi connectivity index (χ1v) is 8.00. The van der Waals surface area contributed by atoms with Crippen molar-refractivity contribution in [2.45, 2.75) is 38.4 Å². The molecule has 6 nitrogen and oxygen atoms in total. The van der Waals surface area contributed by atoms with E-state index < -0.39 is 0 Å². The average Bonchev–Trinajstić information content (AvgIpc) is 3.12. The van der Waals surface area contributed by atoms with E-state index in [4.69, 9.17) is 4.74 Å². The molecular formula is C17H21N3O3. The molecule has 1 atom stereocenters. The Kier molecular flexibility index (Phi) is 5.37. The minimum Gasteiger partial charge on any atom is -0.368 e. The van der Waals surface area contributed by atoms with Crippen LogP contribution in [-0.2, 0) is 22.6 Å². The lowest BCUT2D eigenvalue weighted by atomic mass is 10.1. The molecule has 0 radical (unpaired) electrons. The first-order chi connectivity index (χ1) is 11.3. The van der Waals surface area contributed by atoms with Gasteiger partial charge in [-0.05, 0) is 24.8 Å². The number of piperidine rings is 1. The molecular weight excluding hydrogens is 294 g/mol. The maximum absolute atomic E-state index is 12.4. The fraction of sp³-hybridized carbons (Fsp3) is 0.471. The van der Waals surface area contributed by atoms with Gasteiger partial charge >= 0.3 is 0 Å². The molecule has 23 heavy (non-hydrogen) atoms. The summed E-state index contributed by atoms with van der Waals surface area (Å²) in [5, 5.41) is 3.73. The SMILES string of the molecule is O=C(CCc1ccccc1)N1CCCC(OCc2ncon2)C1. The van der Waals surface area contributed by atoms with E-state index in [0.717, 1.165) is 25.8 Å². The standard InChI is InChI=1S/C17H21N3O3/c21-17(9-8-14-5-2-1-3-6-14)20-10-4-7-15(11-20)22-12-16-18-13-23-19-16/h1-3,5-6,13,15H,4,7-12H2. The van der Waals surface area contributed by atoms with E-state index in [9.17, 15) is 4.79 Å². The second kappa shape index (κ2) is 7.87. The molecule has 1 aliphatic rings. The highest BCUT2D eigenvalue weighted by molar-refractivity contribution is 5.76. The number of likely N-dealkylation sites (tertiary alicyclic amines) is 1. The summed E-state index contributed by atoms with van der Waals surface area (Å²) in [6.45, 7) is 1.79. The van der Waals surface area contributed by atoms with E-state index in [1.54, 1.807) is 0 Å². The summed E-state index contributed by atoms with van der Waals surface area (Å²) in [5.41, 5.74) is 1.20. The Morgan fingerprint density at radius 2 is 2.22 bits per heavy atom. The van der Waals surface area contributed by atoms with Crippen molar-refractivity contribution in [1.29, 1.82) is 0 Å². The zero-order chi connectivity index (χ0) is 15.9. The third-order valence-electron chi connectivity index (χ3n) is 4.06. The van der Waals surface area contributed by atoms with Crippen LogP contribution in [0.25, 0.3) is 0 Å². The predicted octanol–water partition coefficient (Wildman–Crippen LogP) is 2.21. The van der Waals surface area contributed by atoms with Gasteiger partial charge in [-0.3, -0.25) is 4.79 Å². The number of nitrogens with zero attached hydrogens (tertiary/aromatic N) is 3. The molecule has 0 bridgehead atoms. The monoisotopic (exact) mass is 315 g/mol. The number of rotatable bonds is 6. The molecule has 6 heteroatoms. The largest absolute Gasteiger partial charge is 0.368 e. The molecule has 3 rings (SSSR count). The van der Waals surface area contributed by atoms with Crippen LogP contribution >= 0.6 is 0 Å². The van der Waals surface area contributed by atoms with Crippen LogP contribution in [0.1, 0.15) is 30.7 Å². The van der Waals surface area contributed by atoms with Gasteiger partial charge in [-0.15, -0.1) is 0 Å². The fourth-order valence-corrected chi connectivity index (χ4v) is 2.80. The van der Waals surface area contributed by atoms with Crippen LogP contribution in [0.3, 0.4) is 0 Å². The van der Waals surface area contributed by atoms with Crippen LogP contribution < -0.4 is 0 Å². The minimum absolute atomic E-state index is 0.0444. The van der Waals surface area contributed by atoms with Crippen LogP contribution in [-0.4, -0.2) is 40.1 Å². The van der Waals surface area contributed by atoms with Gasteiger partial charge in [-0.1, -0.05) is 35.5 Å². The lowest BCUT2D eigenvalue weighted by molar-refractivity contribution is -0.135. The van der Waals surface area contributed by atoms with Crippen molar-refractivity contribution in [3.63, 3.8) is 0 Å². The summed E-state index contributed by atoms with van der Waals surface area (Å²) >= 11 is 0. The van der Waals surface area contributed by atoms with Crippen molar-refractivity contribution < 1.29 is 14.1 Å². The molecule has 0 spiro atoms. The number of aromatic nitrogens is 2. The Hall–Kier alpha value is -2.21. The van der Waals surface area contributed by atoms with E-state index in [1.165, 1.54) is 12.0 Å². The summed E-state index contributed by atoms with van der Waals surface area (Å²) in [4.78, 5) is 18.2. The van der Waals surface area contributed by atoms with Crippen LogP contribution in [0.4, 0.5) is 0 Å². The van der Waals surface area contributed by atoms with Crippen LogP contribution in [0, 0.1) is 0 Å². The Morgan fingerprint density at radius 1 is 1.35 bits per heavy atom. The van der Waals surface area contributed by atoms with Gasteiger partial charge in [0.25, 0.3) is 0 Å². The lowest BCUT2D eigenvalue weighted by Gasteiger charge is -2.32. The van der Waals surface area contributed by atoms with Crippen LogP contribution in [0.2, 0.25) is 0 Å². The van der Waals surface area contributed by atoms with Crippen molar-refractivity contribution in [3.05, 3.63) is 48.1 Å². The summed E-state index contributed by atoms with van der Waals surface area (Å²) in [7, 11) is 0. The highest BCUT2D eigenvalue weighted by atomic mass is 16.5. The molecule has 2 aromatic rings. The van der Waals surface area contributed by atoms with Gasteiger partial charge in [0, 0.05) is 19.5 Å². The maximum atomic E-state index is 12.4. The van der Waals surface area contributed by atoms with Crippen LogP contribution in [0.15, 0.2) is 41.2 Å². The van der Waals surface area contributed by atoms with Gasteiger partial charge in [0.1, 0.15) is 6.61 Å². The van der Waals surface area contributed by atoms with Gasteiger partial charge in [0.2, 0.25) is 12.3 Å². The normalized spacial score (nSPS) is 18.1. The molecule has 1 amide bonds. The van der Waals surface area contributed by atoms with Gasteiger partial charge < -0.3 is 14.2 Å². The van der Waals surface area contributed by atoms with E-state index in [0.29, 0.717) is 25.4 Å². The van der Waals surface area contributed by atoms with E-state index in [1.807, 2.05) is 23.1 Å². The van der Waals surface area contributed by atoms with E-state index in [2.05, 4.69) is 26.8 Å². The topological polar surface area (TPSA) is 68.5 Å².